The molecule has 1 heterocycles. The zero-order valence-electron chi connectivity index (χ0n) is 11.0. The number of rotatable bonds is 3. The number of nitrogens with zero attached hydrogens (tertiary/aromatic N) is 1. The second-order valence-corrected chi connectivity index (χ2v) is 6.77. The Hall–Kier alpha value is -0.960. The van der Waals surface area contributed by atoms with Crippen LogP contribution in [0.5, 0.6) is 0 Å². The third-order valence-electron chi connectivity index (χ3n) is 3.65. The van der Waals surface area contributed by atoms with Crippen LogP contribution < -0.4 is 5.32 Å². The van der Waals surface area contributed by atoms with Gasteiger partial charge in [0.2, 0.25) is 0 Å². The summed E-state index contributed by atoms with van der Waals surface area (Å²) < 4.78 is 0. The smallest absolute Gasteiger partial charge is 0.161 e. The Morgan fingerprint density at radius 1 is 1.22 bits per heavy atom. The number of hydrogen-bond donors (Lipinski definition) is 1. The molecule has 1 aromatic carbocycles. The molecule has 3 rings (SSSR count). The van der Waals surface area contributed by atoms with Gasteiger partial charge in [0, 0.05) is 10.9 Å². The summed E-state index contributed by atoms with van der Waals surface area (Å²) in [7, 11) is 0. The lowest BCUT2D eigenvalue weighted by Gasteiger charge is -2.09. The number of anilines is 1. The Bertz CT molecular complexity index is 446. The van der Waals surface area contributed by atoms with Gasteiger partial charge in [0.1, 0.15) is 0 Å². The molecule has 1 N–H and O–H groups in total. The van der Waals surface area contributed by atoms with E-state index in [4.69, 9.17) is 0 Å². The van der Waals surface area contributed by atoms with Crippen LogP contribution in [0.25, 0.3) is 0 Å². The van der Waals surface area contributed by atoms with Crippen molar-refractivity contribution < 1.29 is 0 Å². The summed E-state index contributed by atoms with van der Waals surface area (Å²) in [6.07, 6.45) is 2.81. The Morgan fingerprint density at radius 2 is 1.94 bits per heavy atom. The highest BCUT2D eigenvalue weighted by molar-refractivity contribution is 8.15. The topological polar surface area (TPSA) is 24.4 Å². The molecule has 3 heteroatoms. The molecule has 0 amide bonds. The minimum atomic E-state index is 0.594. The van der Waals surface area contributed by atoms with Crippen molar-refractivity contribution in [2.75, 3.05) is 11.9 Å². The van der Waals surface area contributed by atoms with Gasteiger partial charge in [-0.2, -0.15) is 0 Å². The molecule has 1 unspecified atom stereocenters. The fraction of sp³-hybridized carbons (Fsp3) is 0.533. The molecule has 2 aliphatic rings. The molecule has 0 bridgehead atoms. The van der Waals surface area contributed by atoms with Gasteiger partial charge in [0.25, 0.3) is 0 Å². The van der Waals surface area contributed by atoms with Crippen molar-refractivity contribution in [2.24, 2.45) is 10.9 Å². The van der Waals surface area contributed by atoms with E-state index >= 15 is 0 Å². The molecular formula is C15H20N2S. The van der Waals surface area contributed by atoms with Gasteiger partial charge < -0.3 is 5.32 Å². The van der Waals surface area contributed by atoms with Gasteiger partial charge in [0.05, 0.1) is 6.54 Å². The van der Waals surface area contributed by atoms with Crippen LogP contribution in [0, 0.1) is 5.92 Å². The summed E-state index contributed by atoms with van der Waals surface area (Å²) in [5, 5.41) is 5.27. The summed E-state index contributed by atoms with van der Waals surface area (Å²) in [4.78, 5) is 4.60. The predicted octanol–water partition coefficient (Wildman–Crippen LogP) is 4.10. The third-order valence-corrected chi connectivity index (χ3v) is 4.95. The van der Waals surface area contributed by atoms with Crippen molar-refractivity contribution in [2.45, 2.75) is 37.9 Å². The van der Waals surface area contributed by atoms with Crippen LogP contribution in [0.15, 0.2) is 29.3 Å². The molecule has 2 nitrogen and oxygen atoms in total. The van der Waals surface area contributed by atoms with E-state index in [1.165, 1.54) is 18.4 Å². The normalized spacial score (nSPS) is 23.3. The highest BCUT2D eigenvalue weighted by atomic mass is 32.2. The van der Waals surface area contributed by atoms with E-state index in [0.717, 1.165) is 28.6 Å². The summed E-state index contributed by atoms with van der Waals surface area (Å²) in [5.74, 6) is 1.53. The Kier molecular flexibility index (Phi) is 3.33. The first kappa shape index (κ1) is 12.1. The molecule has 1 aliphatic carbocycles. The van der Waals surface area contributed by atoms with Crippen LogP contribution in [0.3, 0.4) is 0 Å². The Balaban J connectivity index is 1.59. The highest BCUT2D eigenvalue weighted by Crippen LogP contribution is 2.41. The quantitative estimate of drug-likeness (QED) is 0.884. The third kappa shape index (κ3) is 2.72. The second-order valence-electron chi connectivity index (χ2n) is 5.54. The summed E-state index contributed by atoms with van der Waals surface area (Å²) in [6.45, 7) is 5.45. The number of benzene rings is 1. The predicted molar refractivity (Wildman–Crippen MR) is 80.6 cm³/mol. The van der Waals surface area contributed by atoms with Crippen molar-refractivity contribution in [1.29, 1.82) is 0 Å². The lowest BCUT2D eigenvalue weighted by atomic mass is 10.0. The fourth-order valence-corrected chi connectivity index (χ4v) is 3.47. The van der Waals surface area contributed by atoms with Gasteiger partial charge in [-0.05, 0) is 42.4 Å². The zero-order valence-corrected chi connectivity index (χ0v) is 11.8. The zero-order chi connectivity index (χ0) is 12.5. The highest BCUT2D eigenvalue weighted by Gasteiger charge is 2.35. The molecule has 1 fully saturated rings. The largest absolute Gasteiger partial charge is 0.335 e. The molecule has 0 radical (unpaired) electrons. The Morgan fingerprint density at radius 3 is 2.56 bits per heavy atom. The molecule has 1 atom stereocenters. The van der Waals surface area contributed by atoms with Crippen molar-refractivity contribution in [3.8, 4) is 0 Å². The van der Waals surface area contributed by atoms with Gasteiger partial charge in [-0.3, -0.25) is 4.99 Å². The lowest BCUT2D eigenvalue weighted by Crippen LogP contribution is -2.08. The molecule has 0 saturated heterocycles. The van der Waals surface area contributed by atoms with Crippen molar-refractivity contribution >= 4 is 22.6 Å². The molecular weight excluding hydrogens is 240 g/mol. The van der Waals surface area contributed by atoms with Crippen molar-refractivity contribution in [1.82, 2.24) is 0 Å². The van der Waals surface area contributed by atoms with Crippen LogP contribution >= 0.6 is 11.8 Å². The standard InChI is InChI=1S/C15H20N2S/c1-10(2)11-5-7-13(8-6-11)17-15-16-9-14(18-15)12-3-4-12/h5-8,10,12,14H,3-4,9H2,1-2H3,(H,16,17). The first-order valence-corrected chi connectivity index (χ1v) is 7.68. The van der Waals surface area contributed by atoms with Crippen LogP contribution in [-0.4, -0.2) is 17.0 Å². The van der Waals surface area contributed by atoms with Crippen LogP contribution in [0.4, 0.5) is 5.69 Å². The van der Waals surface area contributed by atoms with Gasteiger partial charge in [-0.15, -0.1) is 0 Å². The van der Waals surface area contributed by atoms with E-state index in [1.807, 2.05) is 11.8 Å². The maximum absolute atomic E-state index is 4.60. The van der Waals surface area contributed by atoms with Gasteiger partial charge in [0.15, 0.2) is 5.17 Å². The van der Waals surface area contributed by atoms with Gasteiger partial charge in [-0.25, -0.2) is 0 Å². The Labute approximate surface area is 113 Å². The SMILES string of the molecule is CC(C)c1ccc(NC2=NCC(C3CC3)S2)cc1. The molecule has 1 saturated carbocycles. The lowest BCUT2D eigenvalue weighted by molar-refractivity contribution is 0.773. The molecule has 18 heavy (non-hydrogen) atoms. The minimum Gasteiger partial charge on any atom is -0.335 e. The summed E-state index contributed by atoms with van der Waals surface area (Å²) >= 11 is 1.93. The van der Waals surface area contributed by atoms with Crippen LogP contribution in [0.1, 0.15) is 38.2 Å². The van der Waals surface area contributed by atoms with E-state index < -0.39 is 0 Å². The molecule has 0 spiro atoms. The second kappa shape index (κ2) is 4.96. The first-order valence-electron chi connectivity index (χ1n) is 6.80. The fourth-order valence-electron chi connectivity index (χ4n) is 2.25. The van der Waals surface area contributed by atoms with Gasteiger partial charge in [-0.1, -0.05) is 37.7 Å². The van der Waals surface area contributed by atoms with Crippen LogP contribution in [0.2, 0.25) is 0 Å². The number of amidine groups is 1. The molecule has 1 aliphatic heterocycles. The molecule has 0 aromatic heterocycles. The number of nitrogens with one attached hydrogen (secondary N) is 1. The maximum atomic E-state index is 4.60. The first-order chi connectivity index (χ1) is 8.72. The number of hydrogen-bond acceptors (Lipinski definition) is 3. The number of aliphatic imine (C=N–C) groups is 1. The molecule has 96 valence electrons. The monoisotopic (exact) mass is 260 g/mol. The average Bonchev–Trinajstić information content (AvgIpc) is 3.11. The van der Waals surface area contributed by atoms with E-state index in [-0.39, 0.29) is 0 Å². The van der Waals surface area contributed by atoms with E-state index in [9.17, 15) is 0 Å². The van der Waals surface area contributed by atoms with Crippen molar-refractivity contribution in [3.05, 3.63) is 29.8 Å². The van der Waals surface area contributed by atoms with E-state index in [0.29, 0.717) is 5.92 Å². The van der Waals surface area contributed by atoms with Gasteiger partial charge >= 0.3 is 0 Å². The van der Waals surface area contributed by atoms with Crippen molar-refractivity contribution in [3.63, 3.8) is 0 Å². The van der Waals surface area contributed by atoms with E-state index in [2.05, 4.69) is 48.4 Å². The summed E-state index contributed by atoms with van der Waals surface area (Å²) in [6, 6.07) is 8.71. The summed E-state index contributed by atoms with van der Waals surface area (Å²) in [5.41, 5.74) is 2.54. The van der Waals surface area contributed by atoms with E-state index in [1.54, 1.807) is 0 Å². The number of thioether (sulfide) groups is 1. The van der Waals surface area contributed by atoms with Crippen LogP contribution in [-0.2, 0) is 0 Å². The maximum Gasteiger partial charge on any atom is 0.161 e. The molecule has 1 aromatic rings. The minimum absolute atomic E-state index is 0.594. The average molecular weight is 260 g/mol.